The van der Waals surface area contributed by atoms with E-state index in [2.05, 4.69) is 22.5 Å². The van der Waals surface area contributed by atoms with Crippen molar-refractivity contribution in [3.8, 4) is 5.75 Å². The van der Waals surface area contributed by atoms with Crippen LogP contribution in [0.25, 0.3) is 10.9 Å². The fourth-order valence-corrected chi connectivity index (χ4v) is 4.44. The first-order valence-corrected chi connectivity index (χ1v) is 11.4. The van der Waals surface area contributed by atoms with Crippen LogP contribution in [0, 0.1) is 11.8 Å². The van der Waals surface area contributed by atoms with E-state index < -0.39 is 21.7 Å². The van der Waals surface area contributed by atoms with E-state index in [0.29, 0.717) is 11.8 Å². The summed E-state index contributed by atoms with van der Waals surface area (Å²) in [5.74, 6) is 2.01. The highest BCUT2D eigenvalue weighted by Crippen LogP contribution is 2.42. The summed E-state index contributed by atoms with van der Waals surface area (Å²) in [6.45, 7) is 6.07. The lowest BCUT2D eigenvalue weighted by Gasteiger charge is -2.50. The number of piperidine rings is 3. The molecule has 2 bridgehead atoms. The molecule has 3 saturated heterocycles. The Morgan fingerprint density at radius 3 is 2.59 bits per heavy atom. The van der Waals surface area contributed by atoms with Crippen LogP contribution < -0.4 is 4.74 Å². The van der Waals surface area contributed by atoms with Gasteiger partial charge >= 0.3 is 5.51 Å². The van der Waals surface area contributed by atoms with Gasteiger partial charge in [-0.15, -0.1) is 6.58 Å². The standard InChI is InChI=1S/C20H24N2O2.CHF3O3S/c1-3-13-12-22-9-7-14(13)10-19(22)20(23)16-6-8-21-18-5-4-15(24-2)11-17(16)18;2-1(3,4)8(5,6)7/h3-6,8,11,13-14,19-20,23H,1,7,9-10,12H2,2H3;(H,5,6,7)/p-1/t13-,14-,19-,20+;/m0./s1. The summed E-state index contributed by atoms with van der Waals surface area (Å²) in [6, 6.07) is 7.96. The van der Waals surface area contributed by atoms with Crippen LogP contribution in [0.2, 0.25) is 0 Å². The molecule has 1 unspecified atom stereocenters. The average molecular weight is 473 g/mol. The topological polar surface area (TPSA) is 103 Å². The maximum atomic E-state index is 11.2. The van der Waals surface area contributed by atoms with Gasteiger partial charge in [0.15, 0.2) is 10.1 Å². The minimum atomic E-state index is -6.09. The van der Waals surface area contributed by atoms with Gasteiger partial charge in [-0.25, -0.2) is 8.42 Å². The van der Waals surface area contributed by atoms with Crippen molar-refractivity contribution in [1.29, 1.82) is 0 Å². The lowest BCUT2D eigenvalue weighted by atomic mass is 9.73. The van der Waals surface area contributed by atoms with Gasteiger partial charge in [-0.1, -0.05) is 6.08 Å². The van der Waals surface area contributed by atoms with Crippen LogP contribution in [0.1, 0.15) is 24.5 Å². The molecule has 0 amide bonds. The van der Waals surface area contributed by atoms with Crippen LogP contribution in [0.4, 0.5) is 13.2 Å². The number of aromatic nitrogens is 1. The van der Waals surface area contributed by atoms with Gasteiger partial charge in [0.1, 0.15) is 5.75 Å². The van der Waals surface area contributed by atoms with Crippen molar-refractivity contribution >= 4 is 21.0 Å². The second kappa shape index (κ2) is 9.34. The number of aliphatic hydroxyl groups excluding tert-OH is 1. The van der Waals surface area contributed by atoms with Gasteiger partial charge in [-0.2, -0.15) is 13.2 Å². The fraction of sp³-hybridized carbons (Fsp3) is 0.476. The van der Waals surface area contributed by atoms with E-state index in [0.717, 1.165) is 41.7 Å². The van der Waals surface area contributed by atoms with Crippen LogP contribution in [0.15, 0.2) is 43.1 Å². The number of rotatable bonds is 4. The summed E-state index contributed by atoms with van der Waals surface area (Å²) < 4.78 is 64.3. The number of alkyl halides is 3. The number of benzene rings is 1. The summed E-state index contributed by atoms with van der Waals surface area (Å²) in [5.41, 5.74) is -3.80. The fourth-order valence-electron chi connectivity index (χ4n) is 4.44. The van der Waals surface area contributed by atoms with Gasteiger partial charge in [0.2, 0.25) is 0 Å². The minimum Gasteiger partial charge on any atom is -0.741 e. The van der Waals surface area contributed by atoms with Gasteiger partial charge in [-0.3, -0.25) is 9.88 Å². The van der Waals surface area contributed by atoms with E-state index in [-0.39, 0.29) is 6.04 Å². The smallest absolute Gasteiger partial charge is 0.485 e. The largest absolute Gasteiger partial charge is 0.741 e. The van der Waals surface area contributed by atoms with E-state index in [4.69, 9.17) is 17.7 Å². The molecule has 1 aromatic heterocycles. The monoisotopic (exact) mass is 473 g/mol. The molecular weight excluding hydrogens is 449 g/mol. The van der Waals surface area contributed by atoms with Crippen molar-refractivity contribution in [2.75, 3.05) is 20.2 Å². The Hall–Kier alpha value is -2.21. The average Bonchev–Trinajstić information content (AvgIpc) is 2.77. The van der Waals surface area contributed by atoms with Crippen molar-refractivity contribution in [2.45, 2.75) is 30.5 Å². The lowest BCUT2D eigenvalue weighted by Crippen LogP contribution is -2.54. The van der Waals surface area contributed by atoms with Crippen molar-refractivity contribution in [3.63, 3.8) is 0 Å². The van der Waals surface area contributed by atoms with Crippen LogP contribution in [-0.4, -0.2) is 59.7 Å². The number of ether oxygens (including phenoxy) is 1. The summed E-state index contributed by atoms with van der Waals surface area (Å²) in [4.78, 5) is 6.86. The molecule has 1 aromatic carbocycles. The highest BCUT2D eigenvalue weighted by molar-refractivity contribution is 7.86. The molecular formula is C21H24F3N2O5S-. The molecule has 32 heavy (non-hydrogen) atoms. The maximum Gasteiger partial charge on any atom is 0.485 e. The Morgan fingerprint density at radius 1 is 1.38 bits per heavy atom. The van der Waals surface area contributed by atoms with Crippen LogP contribution >= 0.6 is 0 Å². The summed E-state index contributed by atoms with van der Waals surface area (Å²) in [6.07, 6.45) is 5.62. The van der Waals surface area contributed by atoms with Crippen molar-refractivity contribution in [1.82, 2.24) is 9.88 Å². The molecule has 0 saturated carbocycles. The van der Waals surface area contributed by atoms with Gasteiger partial charge in [-0.05, 0) is 61.1 Å². The van der Waals surface area contributed by atoms with E-state index in [1.165, 1.54) is 6.42 Å². The minimum absolute atomic E-state index is 0.178. The SMILES string of the molecule is C=C[C@H]1CN2CC[C@H]1C[C@H]2[C@H](O)c1ccnc2ccc(OC)cc12.O=S(=O)([O-])C(F)(F)F. The molecule has 3 aliphatic rings. The molecule has 3 aliphatic heterocycles. The van der Waals surface area contributed by atoms with Gasteiger partial charge in [0, 0.05) is 24.2 Å². The predicted octanol–water partition coefficient (Wildman–Crippen LogP) is 3.22. The molecule has 11 heteroatoms. The molecule has 0 radical (unpaired) electrons. The Morgan fingerprint density at radius 2 is 2.06 bits per heavy atom. The molecule has 0 spiro atoms. The Labute approximate surface area is 184 Å². The van der Waals surface area contributed by atoms with Crippen LogP contribution in [0.3, 0.4) is 0 Å². The molecule has 1 N–H and O–H groups in total. The molecule has 5 atom stereocenters. The summed E-state index contributed by atoms with van der Waals surface area (Å²) in [7, 11) is -4.43. The molecule has 2 aromatic rings. The van der Waals surface area contributed by atoms with Crippen molar-refractivity contribution in [2.24, 2.45) is 11.8 Å². The number of methoxy groups -OCH3 is 1. The van der Waals surface area contributed by atoms with E-state index in [9.17, 15) is 18.3 Å². The van der Waals surface area contributed by atoms with Crippen LogP contribution in [0.5, 0.6) is 5.75 Å². The van der Waals surface area contributed by atoms with Gasteiger partial charge in [0.25, 0.3) is 0 Å². The maximum absolute atomic E-state index is 11.2. The molecule has 5 rings (SSSR count). The number of hydrogen-bond acceptors (Lipinski definition) is 7. The third kappa shape index (κ3) is 5.06. The lowest BCUT2D eigenvalue weighted by molar-refractivity contribution is -0.0517. The molecule has 176 valence electrons. The van der Waals surface area contributed by atoms with Crippen LogP contribution in [-0.2, 0) is 10.1 Å². The van der Waals surface area contributed by atoms with E-state index in [1.807, 2.05) is 24.3 Å². The first-order valence-electron chi connectivity index (χ1n) is 9.95. The normalized spacial score (nSPS) is 26.2. The summed E-state index contributed by atoms with van der Waals surface area (Å²) in [5, 5.41) is 12.1. The summed E-state index contributed by atoms with van der Waals surface area (Å²) >= 11 is 0. The van der Waals surface area contributed by atoms with Gasteiger partial charge < -0.3 is 14.4 Å². The zero-order valence-electron chi connectivity index (χ0n) is 17.3. The number of aliphatic hydroxyl groups is 1. The highest BCUT2D eigenvalue weighted by atomic mass is 32.2. The number of nitrogens with zero attached hydrogens (tertiary/aromatic N) is 2. The van der Waals surface area contributed by atoms with Crippen molar-refractivity contribution < 1.29 is 36.0 Å². The third-order valence-electron chi connectivity index (χ3n) is 6.10. The number of fused-ring (bicyclic) bond motifs is 4. The Balaban J connectivity index is 0.000000312. The van der Waals surface area contributed by atoms with Gasteiger partial charge in [0.05, 0.1) is 18.7 Å². The number of hydrogen-bond donors (Lipinski definition) is 1. The molecule has 7 nitrogen and oxygen atoms in total. The molecule has 3 fully saturated rings. The first kappa shape index (κ1) is 24.4. The van der Waals surface area contributed by atoms with E-state index in [1.54, 1.807) is 13.3 Å². The second-order valence-electron chi connectivity index (χ2n) is 7.87. The zero-order chi connectivity index (χ0) is 23.7. The highest BCUT2D eigenvalue weighted by Gasteiger charge is 2.42. The molecule has 0 aliphatic carbocycles. The van der Waals surface area contributed by atoms with E-state index >= 15 is 0 Å². The zero-order valence-corrected chi connectivity index (χ0v) is 18.1. The number of pyridine rings is 1. The number of halogens is 3. The predicted molar refractivity (Wildman–Crippen MR) is 111 cm³/mol. The Kier molecular flexibility index (Phi) is 7.13. The second-order valence-corrected chi connectivity index (χ2v) is 9.25. The molecule has 4 heterocycles. The quantitative estimate of drug-likeness (QED) is 0.413. The van der Waals surface area contributed by atoms with Crippen molar-refractivity contribution in [3.05, 3.63) is 48.7 Å². The third-order valence-corrected chi connectivity index (χ3v) is 6.67. The Bertz CT molecular complexity index is 1080. The first-order chi connectivity index (χ1) is 15.0.